The van der Waals surface area contributed by atoms with E-state index >= 15 is 0 Å². The molecule has 8 heteroatoms. The average molecular weight is 640 g/mol. The zero-order valence-corrected chi connectivity index (χ0v) is 26.7. The van der Waals surface area contributed by atoms with Crippen molar-refractivity contribution in [3.63, 3.8) is 0 Å². The fourth-order valence-corrected chi connectivity index (χ4v) is 5.48. The number of benzene rings is 5. The van der Waals surface area contributed by atoms with E-state index in [1.54, 1.807) is 73.7 Å². The molecule has 3 N–H and O–H groups in total. The maximum atomic E-state index is 13.5. The van der Waals surface area contributed by atoms with Gasteiger partial charge in [0, 0.05) is 27.4 Å². The molecule has 0 aliphatic carbocycles. The van der Waals surface area contributed by atoms with Crippen LogP contribution in [0.3, 0.4) is 0 Å². The third kappa shape index (κ3) is 9.15. The normalized spacial score (nSPS) is 11.7. The van der Waals surface area contributed by atoms with Crippen molar-refractivity contribution in [3.05, 3.63) is 156 Å². The second-order valence-electron chi connectivity index (χ2n) is 10.7. The first-order chi connectivity index (χ1) is 22.7. The van der Waals surface area contributed by atoms with E-state index in [1.807, 2.05) is 72.8 Å². The van der Waals surface area contributed by atoms with Gasteiger partial charge in [0.2, 0.25) is 5.91 Å². The van der Waals surface area contributed by atoms with Gasteiger partial charge in [-0.25, -0.2) is 0 Å². The molecule has 0 fully saturated rings. The fourth-order valence-electron chi connectivity index (χ4n) is 4.62. The molecule has 47 heavy (non-hydrogen) atoms. The van der Waals surface area contributed by atoms with Crippen LogP contribution in [0.1, 0.15) is 40.1 Å². The maximum Gasteiger partial charge on any atom is 0.272 e. The highest BCUT2D eigenvalue weighted by molar-refractivity contribution is 8.00. The van der Waals surface area contributed by atoms with Gasteiger partial charge in [-0.1, -0.05) is 72.8 Å². The first-order valence-electron chi connectivity index (χ1n) is 15.0. The van der Waals surface area contributed by atoms with Crippen molar-refractivity contribution in [2.75, 3.05) is 10.6 Å². The van der Waals surface area contributed by atoms with Crippen molar-refractivity contribution >= 4 is 52.7 Å². The van der Waals surface area contributed by atoms with Crippen LogP contribution >= 0.6 is 11.8 Å². The summed E-state index contributed by atoms with van der Waals surface area (Å²) in [7, 11) is 0. The van der Waals surface area contributed by atoms with Crippen LogP contribution < -0.4 is 16.0 Å². The quantitative estimate of drug-likeness (QED) is 0.0770. The molecule has 0 saturated heterocycles. The zero-order chi connectivity index (χ0) is 33.2. The first-order valence-corrected chi connectivity index (χ1v) is 15.9. The van der Waals surface area contributed by atoms with E-state index < -0.39 is 17.1 Å². The Morgan fingerprint density at radius 2 is 1.17 bits per heavy atom. The number of thioether (sulfide) groups is 1. The molecule has 0 bridgehead atoms. The summed E-state index contributed by atoms with van der Waals surface area (Å²) < 4.78 is 0. The molecule has 3 amide bonds. The van der Waals surface area contributed by atoms with Crippen LogP contribution in [-0.2, 0) is 9.59 Å². The molecule has 5 rings (SSSR count). The first kappa shape index (κ1) is 32.7. The number of hydrogen-bond donors (Lipinski definition) is 3. The van der Waals surface area contributed by atoms with Crippen molar-refractivity contribution in [3.8, 4) is 11.1 Å². The van der Waals surface area contributed by atoms with Crippen LogP contribution in [0, 0.1) is 0 Å². The van der Waals surface area contributed by atoms with E-state index in [2.05, 4.69) is 16.0 Å². The molecule has 0 heterocycles. The van der Waals surface area contributed by atoms with E-state index in [9.17, 15) is 19.2 Å². The maximum absolute atomic E-state index is 13.5. The minimum absolute atomic E-state index is 0.0376. The Bertz CT molecular complexity index is 1890. The molecule has 1 atom stereocenters. The molecule has 7 nitrogen and oxygen atoms in total. The van der Waals surface area contributed by atoms with Crippen LogP contribution in [-0.4, -0.2) is 28.8 Å². The molecule has 0 aromatic heterocycles. The van der Waals surface area contributed by atoms with E-state index in [0.29, 0.717) is 22.5 Å². The number of nitrogens with one attached hydrogen (secondary N) is 3. The summed E-state index contributed by atoms with van der Waals surface area (Å²) in [4.78, 5) is 51.6. The van der Waals surface area contributed by atoms with Gasteiger partial charge in [-0.05, 0) is 97.3 Å². The molecule has 0 radical (unpaired) electrons. The highest BCUT2D eigenvalue weighted by Gasteiger charge is 2.17. The van der Waals surface area contributed by atoms with E-state index in [-0.39, 0.29) is 17.4 Å². The van der Waals surface area contributed by atoms with E-state index in [0.717, 1.165) is 21.6 Å². The van der Waals surface area contributed by atoms with Gasteiger partial charge in [0.05, 0.1) is 5.25 Å². The van der Waals surface area contributed by atoms with Crippen LogP contribution in [0.15, 0.2) is 144 Å². The van der Waals surface area contributed by atoms with Crippen molar-refractivity contribution in [1.29, 1.82) is 0 Å². The Kier molecular flexibility index (Phi) is 10.8. The predicted molar refractivity (Wildman–Crippen MR) is 189 cm³/mol. The van der Waals surface area contributed by atoms with Gasteiger partial charge in [0.15, 0.2) is 5.78 Å². The minimum atomic E-state index is -0.481. The Hall–Kier alpha value is -5.73. The zero-order valence-electron chi connectivity index (χ0n) is 25.9. The van der Waals surface area contributed by atoms with Crippen molar-refractivity contribution < 1.29 is 19.2 Å². The van der Waals surface area contributed by atoms with Crippen LogP contribution in [0.4, 0.5) is 11.4 Å². The Balaban J connectivity index is 1.26. The van der Waals surface area contributed by atoms with Crippen molar-refractivity contribution in [1.82, 2.24) is 5.32 Å². The lowest BCUT2D eigenvalue weighted by Crippen LogP contribution is -2.30. The van der Waals surface area contributed by atoms with Gasteiger partial charge >= 0.3 is 0 Å². The van der Waals surface area contributed by atoms with Crippen LogP contribution in [0.25, 0.3) is 17.2 Å². The van der Waals surface area contributed by atoms with E-state index in [1.165, 1.54) is 18.7 Å². The Labute approximate surface area is 278 Å². The summed E-state index contributed by atoms with van der Waals surface area (Å²) in [6.45, 7) is 3.30. The topological polar surface area (TPSA) is 104 Å². The lowest BCUT2D eigenvalue weighted by molar-refractivity contribution is -0.115. The Morgan fingerprint density at radius 3 is 1.79 bits per heavy atom. The lowest BCUT2D eigenvalue weighted by atomic mass is 10.0. The lowest BCUT2D eigenvalue weighted by Gasteiger charge is -2.14. The smallest absolute Gasteiger partial charge is 0.272 e. The molecule has 5 aromatic carbocycles. The molecule has 5 aromatic rings. The molecule has 0 saturated carbocycles. The largest absolute Gasteiger partial charge is 0.325 e. The van der Waals surface area contributed by atoms with E-state index in [4.69, 9.17) is 0 Å². The van der Waals surface area contributed by atoms with Gasteiger partial charge in [0.1, 0.15) is 5.70 Å². The van der Waals surface area contributed by atoms with Crippen molar-refractivity contribution in [2.45, 2.75) is 24.0 Å². The van der Waals surface area contributed by atoms with Gasteiger partial charge in [-0.3, -0.25) is 19.2 Å². The number of ketones is 1. The number of carbonyl (C=O) groups excluding carboxylic acids is 4. The van der Waals surface area contributed by atoms with Gasteiger partial charge in [-0.2, -0.15) is 0 Å². The molecule has 1 unspecified atom stereocenters. The summed E-state index contributed by atoms with van der Waals surface area (Å²) >= 11 is 1.37. The molecular weight excluding hydrogens is 607 g/mol. The second kappa shape index (κ2) is 15.5. The summed E-state index contributed by atoms with van der Waals surface area (Å²) in [6, 6.07) is 40.3. The highest BCUT2D eigenvalue weighted by Crippen LogP contribution is 2.26. The molecular formula is C39H33N3O4S. The SMILES string of the molecule is CC(=O)c1ccc(NC(=O)C(C)Sc2ccc(NC(=O)/C(=C/c3ccc(-c4ccccc4)cc3)NC(=O)c3ccccc3)cc2)cc1. The summed E-state index contributed by atoms with van der Waals surface area (Å²) in [5.74, 6) is -1.10. The van der Waals surface area contributed by atoms with Crippen LogP contribution in [0.2, 0.25) is 0 Å². The van der Waals surface area contributed by atoms with Crippen molar-refractivity contribution in [2.24, 2.45) is 0 Å². The Morgan fingerprint density at radius 1 is 0.617 bits per heavy atom. The standard InChI is InChI=1S/C39H33N3O4S/c1-26(43)29-17-19-33(20-18-29)40-37(44)27(2)47-35-23-21-34(22-24-35)41-39(46)36(42-38(45)32-11-7-4-8-12-32)25-28-13-15-31(16-14-28)30-9-5-3-6-10-30/h3-25,27H,1-2H3,(H,40,44)(H,41,46)(H,42,45)/b36-25-. The van der Waals surface area contributed by atoms with Gasteiger partial charge in [-0.15, -0.1) is 11.8 Å². The third-order valence-corrected chi connectivity index (χ3v) is 8.32. The second-order valence-corrected chi connectivity index (χ2v) is 12.1. The highest BCUT2D eigenvalue weighted by atomic mass is 32.2. The monoisotopic (exact) mass is 639 g/mol. The average Bonchev–Trinajstić information content (AvgIpc) is 3.10. The molecule has 0 aliphatic heterocycles. The predicted octanol–water partition coefficient (Wildman–Crippen LogP) is 8.09. The number of Topliss-reactive ketones (excluding diaryl/α,β-unsaturated/α-hetero) is 1. The summed E-state index contributed by atoms with van der Waals surface area (Å²) in [5, 5.41) is 8.11. The van der Waals surface area contributed by atoms with Gasteiger partial charge < -0.3 is 16.0 Å². The van der Waals surface area contributed by atoms with Crippen LogP contribution in [0.5, 0.6) is 0 Å². The molecule has 0 aliphatic rings. The number of hydrogen-bond acceptors (Lipinski definition) is 5. The summed E-state index contributed by atoms with van der Waals surface area (Å²) in [5.41, 5.74) is 5.10. The minimum Gasteiger partial charge on any atom is -0.325 e. The summed E-state index contributed by atoms with van der Waals surface area (Å²) in [6.07, 6.45) is 1.64. The van der Waals surface area contributed by atoms with Gasteiger partial charge in [0.25, 0.3) is 11.8 Å². The number of carbonyl (C=O) groups is 4. The third-order valence-electron chi connectivity index (χ3n) is 7.21. The molecule has 234 valence electrons. The number of amides is 3. The number of rotatable bonds is 11. The molecule has 0 spiro atoms. The number of anilines is 2. The fraction of sp³-hybridized carbons (Fsp3) is 0.0769.